The molecule has 0 amide bonds. The van der Waals surface area contributed by atoms with Crippen molar-refractivity contribution in [2.24, 2.45) is 5.92 Å². The summed E-state index contributed by atoms with van der Waals surface area (Å²) < 4.78 is 4.01. The highest BCUT2D eigenvalue weighted by molar-refractivity contribution is 5.54. The maximum absolute atomic E-state index is 13.2. The fraction of sp³-hybridized carbons (Fsp3) is 0.400. The summed E-state index contributed by atoms with van der Waals surface area (Å²) >= 11 is 0. The van der Waals surface area contributed by atoms with Crippen LogP contribution in [0.25, 0.3) is 11.4 Å². The van der Waals surface area contributed by atoms with Crippen LogP contribution in [0.15, 0.2) is 47.9 Å². The molecule has 5 heterocycles. The standard InChI is InChI=1S/C20H22N6O/c27-20-17(1-2-18-15-9-14(10-22-11-15)13-26(18)20)19-24-6-8-25(19)7-3-16-12-21-4-5-23-16/h1-2,4-6,8,12,14-15,22H,3,7,9-11,13H2/t14-,15+/m0/s1. The first-order chi connectivity index (χ1) is 13.3. The predicted molar refractivity (Wildman–Crippen MR) is 101 cm³/mol. The van der Waals surface area contributed by atoms with Crippen LogP contribution in [0.5, 0.6) is 0 Å². The van der Waals surface area contributed by atoms with Crippen LogP contribution < -0.4 is 10.9 Å². The van der Waals surface area contributed by atoms with Gasteiger partial charge >= 0.3 is 0 Å². The Labute approximate surface area is 157 Å². The predicted octanol–water partition coefficient (Wildman–Crippen LogP) is 1.45. The summed E-state index contributed by atoms with van der Waals surface area (Å²) in [7, 11) is 0. The van der Waals surface area contributed by atoms with Crippen LogP contribution in [0.3, 0.4) is 0 Å². The minimum absolute atomic E-state index is 0.0797. The van der Waals surface area contributed by atoms with Crippen LogP contribution in [-0.2, 0) is 19.5 Å². The van der Waals surface area contributed by atoms with E-state index in [9.17, 15) is 4.79 Å². The molecule has 3 aromatic rings. The van der Waals surface area contributed by atoms with Gasteiger partial charge in [-0.15, -0.1) is 0 Å². The summed E-state index contributed by atoms with van der Waals surface area (Å²) in [5, 5.41) is 3.49. The molecular weight excluding hydrogens is 340 g/mol. The minimum atomic E-state index is 0.0797. The first-order valence-electron chi connectivity index (χ1n) is 9.50. The molecule has 1 N–H and O–H groups in total. The van der Waals surface area contributed by atoms with Gasteiger partial charge in [-0.2, -0.15) is 0 Å². The third-order valence-electron chi connectivity index (χ3n) is 5.69. The fourth-order valence-electron chi connectivity index (χ4n) is 4.39. The monoisotopic (exact) mass is 362 g/mol. The first kappa shape index (κ1) is 16.4. The van der Waals surface area contributed by atoms with Gasteiger partial charge in [-0.25, -0.2) is 4.98 Å². The molecule has 0 spiro atoms. The second kappa shape index (κ2) is 6.74. The van der Waals surface area contributed by atoms with Crippen LogP contribution in [-0.4, -0.2) is 37.2 Å². The van der Waals surface area contributed by atoms with Crippen molar-refractivity contribution < 1.29 is 0 Å². The number of pyridine rings is 1. The fourth-order valence-corrected chi connectivity index (χ4v) is 4.39. The van der Waals surface area contributed by atoms with Crippen LogP contribution in [0, 0.1) is 5.92 Å². The Hall–Kier alpha value is -2.80. The second-order valence-electron chi connectivity index (χ2n) is 7.44. The van der Waals surface area contributed by atoms with Crippen molar-refractivity contribution in [1.29, 1.82) is 0 Å². The van der Waals surface area contributed by atoms with Crippen LogP contribution in [0.1, 0.15) is 23.7 Å². The molecule has 2 bridgehead atoms. The molecule has 138 valence electrons. The van der Waals surface area contributed by atoms with Gasteiger partial charge < -0.3 is 14.5 Å². The number of imidazole rings is 1. The first-order valence-corrected chi connectivity index (χ1v) is 9.50. The van der Waals surface area contributed by atoms with E-state index in [-0.39, 0.29) is 5.56 Å². The van der Waals surface area contributed by atoms with Gasteiger partial charge in [0.2, 0.25) is 0 Å². The highest BCUT2D eigenvalue weighted by atomic mass is 16.1. The van der Waals surface area contributed by atoms with Gasteiger partial charge in [-0.1, -0.05) is 0 Å². The van der Waals surface area contributed by atoms with Gasteiger partial charge in [-0.3, -0.25) is 14.8 Å². The zero-order valence-electron chi connectivity index (χ0n) is 15.1. The van der Waals surface area contributed by atoms with Crippen LogP contribution in [0.2, 0.25) is 0 Å². The zero-order valence-corrected chi connectivity index (χ0v) is 15.1. The van der Waals surface area contributed by atoms with E-state index in [2.05, 4.69) is 26.3 Å². The van der Waals surface area contributed by atoms with Gasteiger partial charge in [0, 0.05) is 68.7 Å². The molecule has 1 fully saturated rings. The number of aromatic nitrogens is 5. The Kier molecular flexibility index (Phi) is 4.09. The van der Waals surface area contributed by atoms with Crippen molar-refractivity contribution in [3.63, 3.8) is 0 Å². The second-order valence-corrected chi connectivity index (χ2v) is 7.44. The Bertz CT molecular complexity index is 1010. The van der Waals surface area contributed by atoms with Crippen LogP contribution in [0.4, 0.5) is 0 Å². The number of hydrogen-bond donors (Lipinski definition) is 1. The summed E-state index contributed by atoms with van der Waals surface area (Å²) in [6, 6.07) is 4.07. The molecule has 0 aliphatic carbocycles. The lowest BCUT2D eigenvalue weighted by molar-refractivity contribution is 0.257. The lowest BCUT2D eigenvalue weighted by atomic mass is 9.84. The Morgan fingerprint density at radius 2 is 2.11 bits per heavy atom. The highest BCUT2D eigenvalue weighted by Crippen LogP contribution is 2.32. The Morgan fingerprint density at radius 1 is 1.15 bits per heavy atom. The van der Waals surface area contributed by atoms with E-state index in [0.29, 0.717) is 23.9 Å². The number of nitrogens with one attached hydrogen (secondary N) is 1. The van der Waals surface area contributed by atoms with E-state index in [4.69, 9.17) is 0 Å². The molecule has 0 radical (unpaired) electrons. The van der Waals surface area contributed by atoms with E-state index < -0.39 is 0 Å². The van der Waals surface area contributed by atoms with Gasteiger partial charge in [0.15, 0.2) is 0 Å². The molecule has 5 rings (SSSR count). The van der Waals surface area contributed by atoms with E-state index in [1.165, 1.54) is 6.42 Å². The normalized spacial score (nSPS) is 21.0. The van der Waals surface area contributed by atoms with Gasteiger partial charge in [0.05, 0.1) is 11.3 Å². The molecule has 7 nitrogen and oxygen atoms in total. The topological polar surface area (TPSA) is 77.6 Å². The molecule has 27 heavy (non-hydrogen) atoms. The third-order valence-corrected chi connectivity index (χ3v) is 5.69. The molecule has 0 unspecified atom stereocenters. The van der Waals surface area contributed by atoms with Crippen molar-refractivity contribution in [2.45, 2.75) is 31.8 Å². The van der Waals surface area contributed by atoms with Crippen molar-refractivity contribution in [2.75, 3.05) is 13.1 Å². The average Bonchev–Trinajstić information content (AvgIpc) is 3.17. The molecule has 2 aliphatic rings. The number of fused-ring (bicyclic) bond motifs is 4. The molecule has 2 atom stereocenters. The van der Waals surface area contributed by atoms with Crippen LogP contribution >= 0.6 is 0 Å². The Morgan fingerprint density at radius 3 is 3.00 bits per heavy atom. The molecule has 2 aliphatic heterocycles. The molecule has 0 saturated carbocycles. The summed E-state index contributed by atoms with van der Waals surface area (Å²) in [4.78, 5) is 26.1. The van der Waals surface area contributed by atoms with Gasteiger partial charge in [-0.05, 0) is 31.0 Å². The number of rotatable bonds is 4. The number of aryl methyl sites for hydroxylation is 2. The molecular formula is C20H22N6O. The van der Waals surface area contributed by atoms with Gasteiger partial charge in [0.1, 0.15) is 5.82 Å². The Balaban J connectivity index is 1.47. The summed E-state index contributed by atoms with van der Waals surface area (Å²) in [5.41, 5.74) is 2.84. The molecule has 0 aromatic carbocycles. The maximum Gasteiger partial charge on any atom is 0.261 e. The smallest absolute Gasteiger partial charge is 0.261 e. The number of nitrogens with zero attached hydrogens (tertiary/aromatic N) is 5. The summed E-state index contributed by atoms with van der Waals surface area (Å²) in [5.74, 6) is 1.71. The minimum Gasteiger partial charge on any atom is -0.330 e. The quantitative estimate of drug-likeness (QED) is 0.760. The van der Waals surface area contributed by atoms with E-state index in [1.54, 1.807) is 24.8 Å². The van der Waals surface area contributed by atoms with Crippen molar-refractivity contribution >= 4 is 0 Å². The average molecular weight is 362 g/mol. The van der Waals surface area contributed by atoms with E-state index >= 15 is 0 Å². The SMILES string of the molecule is O=c1c(-c2nccn2CCc2cnccn2)ccc2n1C[C@@H]1CNC[C@H]2C1. The molecule has 7 heteroatoms. The lowest BCUT2D eigenvalue weighted by Crippen LogP contribution is -2.45. The largest absolute Gasteiger partial charge is 0.330 e. The maximum atomic E-state index is 13.2. The number of piperidine rings is 1. The number of hydrogen-bond acceptors (Lipinski definition) is 5. The zero-order chi connectivity index (χ0) is 18.2. The highest BCUT2D eigenvalue weighted by Gasteiger charge is 2.31. The summed E-state index contributed by atoms with van der Waals surface area (Å²) in [6.45, 7) is 3.47. The van der Waals surface area contributed by atoms with Crippen molar-refractivity contribution in [1.82, 2.24) is 29.4 Å². The van der Waals surface area contributed by atoms with Crippen molar-refractivity contribution in [3.8, 4) is 11.4 Å². The van der Waals surface area contributed by atoms with E-state index in [0.717, 1.165) is 43.3 Å². The molecule has 1 saturated heterocycles. The molecule has 3 aromatic heterocycles. The van der Waals surface area contributed by atoms with Crippen molar-refractivity contribution in [3.05, 3.63) is 64.9 Å². The lowest BCUT2D eigenvalue weighted by Gasteiger charge is -2.37. The summed E-state index contributed by atoms with van der Waals surface area (Å²) in [6.07, 6.45) is 10.8. The van der Waals surface area contributed by atoms with Gasteiger partial charge in [0.25, 0.3) is 5.56 Å². The van der Waals surface area contributed by atoms with E-state index in [1.807, 2.05) is 21.4 Å². The third kappa shape index (κ3) is 2.98.